The first kappa shape index (κ1) is 39.1. The molecule has 16 nitrogen and oxygen atoms in total. The Morgan fingerprint density at radius 1 is 0.684 bits per heavy atom. The van der Waals surface area contributed by atoms with Gasteiger partial charge in [-0.1, -0.05) is 58.0 Å². The number of hydrogen-bond donors (Lipinski definition) is 5. The Hall–Kier alpha value is -6.19. The third kappa shape index (κ3) is 7.80. The van der Waals surface area contributed by atoms with Gasteiger partial charge in [-0.05, 0) is 49.1 Å². The fourth-order valence-corrected chi connectivity index (χ4v) is 7.99. The van der Waals surface area contributed by atoms with Crippen LogP contribution >= 0.6 is 0 Å². The molecule has 0 spiro atoms. The number of amides is 4. The van der Waals surface area contributed by atoms with Crippen molar-refractivity contribution in [3.05, 3.63) is 66.8 Å². The van der Waals surface area contributed by atoms with Crippen LogP contribution in [0.4, 0.5) is 9.59 Å². The highest BCUT2D eigenvalue weighted by molar-refractivity contribution is 6.00. The van der Waals surface area contributed by atoms with Gasteiger partial charge in [0.25, 0.3) is 0 Å². The molecule has 4 amide bonds. The van der Waals surface area contributed by atoms with E-state index in [2.05, 4.69) is 30.6 Å². The number of nitrogens with zero attached hydrogens (tertiary/aromatic N) is 5. The van der Waals surface area contributed by atoms with Gasteiger partial charge >= 0.3 is 12.2 Å². The van der Waals surface area contributed by atoms with Crippen LogP contribution in [0.1, 0.15) is 77.1 Å². The normalized spacial score (nSPS) is 18.0. The number of imidazole rings is 3. The summed E-state index contributed by atoms with van der Waals surface area (Å²) >= 11 is 0. The fraction of sp³-hybridized carbons (Fsp3) is 0.439. The van der Waals surface area contributed by atoms with Crippen molar-refractivity contribution in [2.75, 3.05) is 27.3 Å². The second kappa shape index (κ2) is 16.5. The van der Waals surface area contributed by atoms with Gasteiger partial charge < -0.3 is 44.9 Å². The van der Waals surface area contributed by atoms with Gasteiger partial charge in [-0.25, -0.2) is 24.5 Å². The third-order valence-electron chi connectivity index (χ3n) is 11.0. The Bertz CT molecular complexity index is 2240. The Kier molecular flexibility index (Phi) is 11.3. The van der Waals surface area contributed by atoms with Crippen LogP contribution in [-0.4, -0.2) is 103 Å². The van der Waals surface area contributed by atoms with Gasteiger partial charge in [0, 0.05) is 42.2 Å². The zero-order valence-electron chi connectivity index (χ0n) is 33.1. The number of fused-ring (bicyclic) bond motifs is 1. The van der Waals surface area contributed by atoms with Crippen molar-refractivity contribution in [2.45, 2.75) is 77.5 Å². The lowest BCUT2D eigenvalue weighted by Crippen LogP contribution is -2.51. The molecule has 4 atom stereocenters. The number of rotatable bonds is 11. The number of alkyl carbamates (subject to hydrolysis) is 2. The van der Waals surface area contributed by atoms with Gasteiger partial charge in [-0.2, -0.15) is 0 Å². The van der Waals surface area contributed by atoms with E-state index in [0.717, 1.165) is 64.7 Å². The lowest BCUT2D eigenvalue weighted by atomic mass is 9.99. The van der Waals surface area contributed by atoms with Crippen LogP contribution in [0.2, 0.25) is 0 Å². The van der Waals surface area contributed by atoms with E-state index in [0.29, 0.717) is 30.4 Å². The number of hydrogen-bond acceptors (Lipinski definition) is 9. The van der Waals surface area contributed by atoms with E-state index in [-0.39, 0.29) is 35.7 Å². The first-order valence-electron chi connectivity index (χ1n) is 19.5. The van der Waals surface area contributed by atoms with Crippen molar-refractivity contribution in [1.29, 1.82) is 0 Å². The zero-order valence-corrected chi connectivity index (χ0v) is 33.1. The van der Waals surface area contributed by atoms with E-state index in [4.69, 9.17) is 19.4 Å². The van der Waals surface area contributed by atoms with Gasteiger partial charge in [-0.3, -0.25) is 9.59 Å². The molecule has 16 heteroatoms. The molecule has 7 rings (SSSR count). The number of methoxy groups -OCH3 is 2. The van der Waals surface area contributed by atoms with Crippen LogP contribution in [0, 0.1) is 11.8 Å². The van der Waals surface area contributed by atoms with Crippen LogP contribution in [0.3, 0.4) is 0 Å². The van der Waals surface area contributed by atoms with E-state index >= 15 is 0 Å². The summed E-state index contributed by atoms with van der Waals surface area (Å²) in [5.41, 5.74) is 6.85. The van der Waals surface area contributed by atoms with Crippen LogP contribution in [-0.2, 0) is 19.1 Å². The highest BCUT2D eigenvalue weighted by Crippen LogP contribution is 2.37. The summed E-state index contributed by atoms with van der Waals surface area (Å²) in [4.78, 5) is 79.3. The minimum Gasteiger partial charge on any atom is -0.453 e. The fourth-order valence-electron chi connectivity index (χ4n) is 7.99. The summed E-state index contributed by atoms with van der Waals surface area (Å²) in [6, 6.07) is 10.3. The molecule has 0 aliphatic carbocycles. The Morgan fingerprint density at radius 2 is 1.18 bits per heavy atom. The van der Waals surface area contributed by atoms with Gasteiger partial charge in [0.05, 0.1) is 55.1 Å². The number of likely N-dealkylation sites (tertiary alicyclic amines) is 2. The number of H-pyrrole nitrogens is 3. The molecule has 300 valence electrons. The predicted octanol–water partition coefficient (Wildman–Crippen LogP) is 6.10. The predicted molar refractivity (Wildman–Crippen MR) is 212 cm³/mol. The molecular formula is C41H50N10O6. The van der Waals surface area contributed by atoms with Gasteiger partial charge in [0.1, 0.15) is 23.7 Å². The Morgan fingerprint density at radius 3 is 1.70 bits per heavy atom. The summed E-state index contributed by atoms with van der Waals surface area (Å²) < 4.78 is 9.53. The quantitative estimate of drug-likeness (QED) is 0.105. The molecule has 5 N–H and O–H groups in total. The number of ether oxygens (including phenoxy) is 2. The average molecular weight is 779 g/mol. The van der Waals surface area contributed by atoms with Crippen molar-refractivity contribution in [1.82, 2.24) is 50.3 Å². The minimum absolute atomic E-state index is 0.115. The first-order valence-corrected chi connectivity index (χ1v) is 19.5. The zero-order chi connectivity index (χ0) is 40.4. The van der Waals surface area contributed by atoms with Crippen molar-refractivity contribution in [3.63, 3.8) is 0 Å². The molecular weight excluding hydrogens is 729 g/mol. The lowest BCUT2D eigenvalue weighted by molar-refractivity contribution is -0.136. The molecule has 57 heavy (non-hydrogen) atoms. The topological polar surface area (TPSA) is 203 Å². The van der Waals surface area contributed by atoms with Gasteiger partial charge in [-0.15, -0.1) is 0 Å². The molecule has 5 heterocycles. The van der Waals surface area contributed by atoms with E-state index in [9.17, 15) is 19.2 Å². The van der Waals surface area contributed by atoms with Crippen molar-refractivity contribution < 1.29 is 28.7 Å². The van der Waals surface area contributed by atoms with Crippen LogP contribution in [0.5, 0.6) is 0 Å². The van der Waals surface area contributed by atoms with Crippen LogP contribution in [0.25, 0.3) is 44.7 Å². The van der Waals surface area contributed by atoms with Crippen LogP contribution in [0.15, 0.2) is 55.1 Å². The maximum atomic E-state index is 13.6. The first-order chi connectivity index (χ1) is 27.5. The summed E-state index contributed by atoms with van der Waals surface area (Å²) in [6.45, 7) is 8.73. The van der Waals surface area contributed by atoms with E-state index in [1.807, 2.05) is 76.5 Å². The second-order valence-electron chi connectivity index (χ2n) is 15.3. The van der Waals surface area contributed by atoms with Crippen molar-refractivity contribution in [2.24, 2.45) is 11.8 Å². The standard InChI is InChI=1S/C41H50N10O6/c1-22(2)32(48-40(54)56-5)38(52)50-17-7-9-30(50)36-42-19-28(46-36)25-13-11-24(12-14-25)26-15-16-27(35-34(26)44-21-45-35)29-20-43-37(47-29)31-10-8-18-51(31)39(53)33(23(3)4)49-41(55)57-6/h11-16,19-23,30-33H,7-10,17-18H2,1-6H3,(H,42,46)(H,43,47)(H,44,45)(H,48,54)(H,49,55)/t30-,31-,32-,33-/m0/s1. The molecule has 2 aromatic carbocycles. The molecule has 2 saturated heterocycles. The summed E-state index contributed by atoms with van der Waals surface area (Å²) in [6.07, 6.45) is 7.30. The molecule has 0 saturated carbocycles. The van der Waals surface area contributed by atoms with E-state index in [1.165, 1.54) is 14.2 Å². The molecule has 2 aliphatic heterocycles. The van der Waals surface area contributed by atoms with E-state index in [1.54, 1.807) is 16.1 Å². The maximum absolute atomic E-state index is 13.6. The number of aromatic amines is 3. The SMILES string of the molecule is COC(=O)N[C@H](C(=O)N1CCC[C@H]1c1nc(-c2ccc(-c3ccc(-c4c[nH]c([C@@H]5CCCN5C(=O)[C@@H](NC(=O)OC)C(C)C)n4)c4nc[nH]c34)cc2)c[nH]1)C(C)C. The highest BCUT2D eigenvalue weighted by atomic mass is 16.5. The number of carbonyl (C=O) groups is 4. The minimum atomic E-state index is -0.712. The third-order valence-corrected chi connectivity index (χ3v) is 11.0. The second-order valence-corrected chi connectivity index (χ2v) is 15.3. The van der Waals surface area contributed by atoms with Crippen molar-refractivity contribution in [3.8, 4) is 33.6 Å². The van der Waals surface area contributed by atoms with Gasteiger partial charge in [0.2, 0.25) is 11.8 Å². The molecule has 0 radical (unpaired) electrons. The largest absolute Gasteiger partial charge is 0.453 e. The lowest BCUT2D eigenvalue weighted by Gasteiger charge is -2.29. The number of nitrogens with one attached hydrogen (secondary N) is 5. The van der Waals surface area contributed by atoms with Gasteiger partial charge in [0.15, 0.2) is 0 Å². The number of benzene rings is 2. The highest BCUT2D eigenvalue weighted by Gasteiger charge is 2.39. The van der Waals surface area contributed by atoms with E-state index < -0.39 is 24.3 Å². The summed E-state index contributed by atoms with van der Waals surface area (Å²) in [5.74, 6) is 0.841. The number of carbonyl (C=O) groups excluding carboxylic acids is 4. The van der Waals surface area contributed by atoms with Crippen molar-refractivity contribution >= 4 is 35.0 Å². The molecule has 5 aromatic rings. The Labute approximate surface area is 330 Å². The Balaban J connectivity index is 1.07. The number of aromatic nitrogens is 6. The summed E-state index contributed by atoms with van der Waals surface area (Å²) in [5, 5.41) is 5.39. The van der Waals surface area contributed by atoms with Crippen LogP contribution < -0.4 is 10.6 Å². The molecule has 0 unspecified atom stereocenters. The maximum Gasteiger partial charge on any atom is 0.407 e. The molecule has 0 bridgehead atoms. The average Bonchev–Trinajstić information content (AvgIpc) is 4.07. The molecule has 2 fully saturated rings. The monoisotopic (exact) mass is 778 g/mol. The smallest absolute Gasteiger partial charge is 0.407 e. The summed E-state index contributed by atoms with van der Waals surface area (Å²) in [7, 11) is 2.57. The molecule has 3 aromatic heterocycles. The molecule has 2 aliphatic rings.